The number of nitrogens with zero attached hydrogens (tertiary/aromatic N) is 6. The molecule has 0 spiro atoms. The molecule has 184 valence electrons. The molecule has 2 atom stereocenters. The van der Waals surface area contributed by atoms with Gasteiger partial charge in [-0.3, -0.25) is 14.2 Å². The lowest BCUT2D eigenvalue weighted by Gasteiger charge is -2.22. The van der Waals surface area contributed by atoms with Crippen molar-refractivity contribution in [3.8, 4) is 11.8 Å². The van der Waals surface area contributed by atoms with Gasteiger partial charge in [-0.1, -0.05) is 12.5 Å². The van der Waals surface area contributed by atoms with Crippen LogP contribution in [-0.4, -0.2) is 61.7 Å². The van der Waals surface area contributed by atoms with Crippen LogP contribution in [0.2, 0.25) is 0 Å². The van der Waals surface area contributed by atoms with E-state index < -0.39 is 11.6 Å². The first-order chi connectivity index (χ1) is 17.3. The number of fused-ring (bicyclic) bond motifs is 2. The third-order valence-electron chi connectivity index (χ3n) is 6.45. The summed E-state index contributed by atoms with van der Waals surface area (Å²) in [6.45, 7) is 4.33. The fraction of sp³-hybridized carbons (Fsp3) is 0.280. The number of aromatic nitrogens is 5. The fourth-order valence-electron chi connectivity index (χ4n) is 4.74. The number of methoxy groups -OCH3 is 1. The topological polar surface area (TPSA) is 104 Å². The van der Waals surface area contributed by atoms with Crippen LogP contribution in [0.3, 0.4) is 0 Å². The van der Waals surface area contributed by atoms with E-state index in [2.05, 4.69) is 33.6 Å². The summed E-state index contributed by atoms with van der Waals surface area (Å²) in [5.74, 6) is 3.78. The van der Waals surface area contributed by atoms with E-state index in [0.717, 1.165) is 0 Å². The number of halogens is 2. The number of carbonyl (C=O) groups excluding carboxylic acids is 1. The molecule has 1 amide bonds. The summed E-state index contributed by atoms with van der Waals surface area (Å²) in [5, 5.41) is 9.27. The van der Waals surface area contributed by atoms with Crippen molar-refractivity contribution in [3.05, 3.63) is 60.1 Å². The van der Waals surface area contributed by atoms with Crippen molar-refractivity contribution in [2.75, 3.05) is 26.0 Å². The quantitative estimate of drug-likeness (QED) is 0.348. The van der Waals surface area contributed by atoms with E-state index in [1.807, 2.05) is 0 Å². The molecular weight excluding hydrogens is 468 g/mol. The lowest BCUT2D eigenvalue weighted by molar-refractivity contribution is -0.127. The Morgan fingerprint density at radius 2 is 2.17 bits per heavy atom. The Bertz CT molecular complexity index is 1580. The molecule has 4 heterocycles. The molecular formula is C25H23F2N7O2. The Kier molecular flexibility index (Phi) is 5.89. The zero-order valence-electron chi connectivity index (χ0n) is 19.7. The van der Waals surface area contributed by atoms with Crippen LogP contribution in [0.4, 0.5) is 14.6 Å². The van der Waals surface area contributed by atoms with Crippen LogP contribution in [0.25, 0.3) is 21.8 Å². The van der Waals surface area contributed by atoms with E-state index >= 15 is 4.39 Å². The number of aryl methyl sites for hydroxylation is 1. The molecule has 36 heavy (non-hydrogen) atoms. The summed E-state index contributed by atoms with van der Waals surface area (Å²) in [6, 6.07) is 2.58. The molecule has 5 rings (SSSR count). The average Bonchev–Trinajstić information content (AvgIpc) is 3.55. The number of ether oxygens (including phenoxy) is 1. The number of pyridine rings is 1. The Labute approximate surface area is 205 Å². The Morgan fingerprint density at radius 1 is 1.36 bits per heavy atom. The van der Waals surface area contributed by atoms with Gasteiger partial charge in [0.1, 0.15) is 17.3 Å². The molecule has 0 bridgehead atoms. The lowest BCUT2D eigenvalue weighted by atomic mass is 10.1. The highest BCUT2D eigenvalue weighted by Crippen LogP contribution is 2.33. The number of rotatable bonds is 4. The molecule has 2 N–H and O–H groups in total. The molecule has 9 nitrogen and oxygen atoms in total. The van der Waals surface area contributed by atoms with Gasteiger partial charge in [0.2, 0.25) is 5.91 Å². The van der Waals surface area contributed by atoms with Gasteiger partial charge in [0, 0.05) is 33.0 Å². The van der Waals surface area contributed by atoms with Gasteiger partial charge in [0.15, 0.2) is 5.82 Å². The van der Waals surface area contributed by atoms with Gasteiger partial charge >= 0.3 is 0 Å². The van der Waals surface area contributed by atoms with Gasteiger partial charge in [0.25, 0.3) is 0 Å². The van der Waals surface area contributed by atoms with Gasteiger partial charge in [-0.05, 0) is 24.5 Å². The maximum absolute atomic E-state index is 15.0. The minimum atomic E-state index is -0.803. The SMILES string of the molecule is C=CC(=O)N1CC(n2nc(C#Cc3c(F)cc4c(cnn4C)c3F)c3c(N)nccc32)C[C@@H]1COC. The molecule has 0 aliphatic carbocycles. The van der Waals surface area contributed by atoms with Gasteiger partial charge in [-0.2, -0.15) is 10.2 Å². The minimum Gasteiger partial charge on any atom is -0.383 e. The number of benzene rings is 1. The molecule has 1 aromatic carbocycles. The van der Waals surface area contributed by atoms with Crippen LogP contribution in [0.5, 0.6) is 0 Å². The second kappa shape index (κ2) is 9.05. The van der Waals surface area contributed by atoms with Gasteiger partial charge < -0.3 is 15.4 Å². The summed E-state index contributed by atoms with van der Waals surface area (Å²) < 4.78 is 38.2. The third-order valence-corrected chi connectivity index (χ3v) is 6.45. The first kappa shape index (κ1) is 23.4. The van der Waals surface area contributed by atoms with Crippen molar-refractivity contribution in [2.45, 2.75) is 18.5 Å². The number of carbonyl (C=O) groups is 1. The first-order valence-corrected chi connectivity index (χ1v) is 11.2. The van der Waals surface area contributed by atoms with Crippen LogP contribution in [0.1, 0.15) is 23.7 Å². The average molecular weight is 492 g/mol. The summed E-state index contributed by atoms with van der Waals surface area (Å²) in [6.07, 6.45) is 4.73. The van der Waals surface area contributed by atoms with E-state index in [-0.39, 0.29) is 40.5 Å². The van der Waals surface area contributed by atoms with Crippen molar-refractivity contribution >= 4 is 33.5 Å². The standard InChI is InChI=1S/C25H23F2N7O2/c1-4-22(35)33-12-14(9-15(33)13-36-3)34-20-7-8-29-25(28)23(20)19(31-34)6-5-16-18(26)10-21-17(24(16)27)11-30-32(21)2/h4,7-8,10-11,14-15H,1,9,12-13H2,2-3H3,(H2,28,29)/t14?,15-/m1/s1. The van der Waals surface area contributed by atoms with Gasteiger partial charge in [-0.15, -0.1) is 0 Å². The van der Waals surface area contributed by atoms with Crippen molar-refractivity contribution in [1.82, 2.24) is 29.4 Å². The van der Waals surface area contributed by atoms with Crippen LogP contribution in [-0.2, 0) is 16.6 Å². The number of likely N-dealkylation sites (tertiary alicyclic amines) is 1. The highest BCUT2D eigenvalue weighted by Gasteiger charge is 2.36. The summed E-state index contributed by atoms with van der Waals surface area (Å²) in [4.78, 5) is 18.2. The molecule has 11 heteroatoms. The molecule has 1 aliphatic rings. The van der Waals surface area contributed by atoms with E-state index in [0.29, 0.717) is 36.0 Å². The number of nitrogen functional groups attached to an aromatic ring is 1. The fourth-order valence-corrected chi connectivity index (χ4v) is 4.74. The van der Waals surface area contributed by atoms with Crippen molar-refractivity contribution in [3.63, 3.8) is 0 Å². The smallest absolute Gasteiger partial charge is 0.246 e. The third kappa shape index (κ3) is 3.76. The Hall–Kier alpha value is -4.30. The minimum absolute atomic E-state index is 0.159. The zero-order valence-corrected chi connectivity index (χ0v) is 19.7. The van der Waals surface area contributed by atoms with Crippen LogP contribution in [0.15, 0.2) is 37.2 Å². The van der Waals surface area contributed by atoms with Crippen molar-refractivity contribution in [2.24, 2.45) is 7.05 Å². The van der Waals surface area contributed by atoms with Gasteiger partial charge in [0.05, 0.1) is 52.3 Å². The highest BCUT2D eigenvalue weighted by molar-refractivity contribution is 5.93. The first-order valence-electron chi connectivity index (χ1n) is 11.2. The second-order valence-electron chi connectivity index (χ2n) is 8.58. The number of nitrogens with two attached hydrogens (primary N) is 1. The molecule has 1 fully saturated rings. The monoisotopic (exact) mass is 491 g/mol. The number of hydrogen-bond donors (Lipinski definition) is 1. The largest absolute Gasteiger partial charge is 0.383 e. The number of anilines is 1. The summed E-state index contributed by atoms with van der Waals surface area (Å²) in [5.41, 5.74) is 6.99. The highest BCUT2D eigenvalue weighted by atomic mass is 19.1. The second-order valence-corrected chi connectivity index (χ2v) is 8.58. The molecule has 1 saturated heterocycles. The maximum Gasteiger partial charge on any atom is 0.246 e. The molecule has 1 unspecified atom stereocenters. The molecule has 0 saturated carbocycles. The summed E-state index contributed by atoms with van der Waals surface area (Å²) >= 11 is 0. The number of amides is 1. The predicted molar refractivity (Wildman–Crippen MR) is 130 cm³/mol. The van der Waals surface area contributed by atoms with Crippen molar-refractivity contribution in [1.29, 1.82) is 0 Å². The van der Waals surface area contributed by atoms with Crippen LogP contribution in [0, 0.1) is 23.5 Å². The maximum atomic E-state index is 15.0. The van der Waals surface area contributed by atoms with E-state index in [9.17, 15) is 9.18 Å². The Balaban J connectivity index is 1.59. The Morgan fingerprint density at radius 3 is 2.92 bits per heavy atom. The number of hydrogen-bond acceptors (Lipinski definition) is 6. The summed E-state index contributed by atoms with van der Waals surface area (Å²) in [7, 11) is 3.18. The zero-order chi connectivity index (χ0) is 25.6. The molecule has 4 aromatic rings. The lowest BCUT2D eigenvalue weighted by Crippen LogP contribution is -2.37. The molecule has 1 aliphatic heterocycles. The molecule has 3 aromatic heterocycles. The van der Waals surface area contributed by atoms with E-state index in [1.165, 1.54) is 23.0 Å². The van der Waals surface area contributed by atoms with E-state index in [4.69, 9.17) is 10.5 Å². The predicted octanol–water partition coefficient (Wildman–Crippen LogP) is 2.55. The molecule has 0 radical (unpaired) electrons. The van der Waals surface area contributed by atoms with Crippen LogP contribution >= 0.6 is 0 Å². The van der Waals surface area contributed by atoms with Crippen LogP contribution < -0.4 is 5.73 Å². The van der Waals surface area contributed by atoms with Crippen molar-refractivity contribution < 1.29 is 18.3 Å². The van der Waals surface area contributed by atoms with E-state index in [1.54, 1.807) is 36.0 Å². The normalized spacial score (nSPS) is 17.5. The van der Waals surface area contributed by atoms with Gasteiger partial charge in [-0.25, -0.2) is 13.8 Å².